The first-order valence-electron chi connectivity index (χ1n) is 8.24. The number of nitrogens with zero attached hydrogens (tertiary/aromatic N) is 1. The molecule has 122 valence electrons. The maximum atomic E-state index is 5.17. The molecule has 3 aliphatic carbocycles. The fourth-order valence-electron chi connectivity index (χ4n) is 3.73. The number of fused-ring (bicyclic) bond motifs is 2. The second kappa shape index (κ2) is 6.08. The SMILES string of the molecule is CNC(=S)NN=C1C(=Cc2ccc(C)cc2)CC2CC1C2(C)C. The Morgan fingerprint density at radius 3 is 2.61 bits per heavy atom. The number of benzene rings is 1. The van der Waals surface area contributed by atoms with E-state index in [2.05, 4.69) is 67.0 Å². The van der Waals surface area contributed by atoms with Gasteiger partial charge in [0, 0.05) is 13.0 Å². The summed E-state index contributed by atoms with van der Waals surface area (Å²) in [4.78, 5) is 0. The fourth-order valence-corrected chi connectivity index (χ4v) is 3.78. The van der Waals surface area contributed by atoms with Crippen LogP contribution in [-0.4, -0.2) is 17.9 Å². The Hall–Kier alpha value is -1.68. The summed E-state index contributed by atoms with van der Waals surface area (Å²) in [5, 5.41) is 8.14. The summed E-state index contributed by atoms with van der Waals surface area (Å²) in [5.74, 6) is 1.28. The average molecular weight is 327 g/mol. The van der Waals surface area contributed by atoms with E-state index in [0.29, 0.717) is 16.4 Å². The van der Waals surface area contributed by atoms with Crippen LogP contribution in [0.4, 0.5) is 0 Å². The molecule has 0 radical (unpaired) electrons. The van der Waals surface area contributed by atoms with Gasteiger partial charge in [-0.15, -0.1) is 0 Å². The lowest BCUT2D eigenvalue weighted by Crippen LogP contribution is -2.54. The van der Waals surface area contributed by atoms with E-state index in [1.165, 1.54) is 28.8 Å². The van der Waals surface area contributed by atoms with Crippen LogP contribution in [0.25, 0.3) is 6.08 Å². The minimum absolute atomic E-state index is 0.340. The van der Waals surface area contributed by atoms with E-state index in [4.69, 9.17) is 12.2 Å². The molecule has 1 aromatic rings. The Balaban J connectivity index is 1.91. The highest BCUT2D eigenvalue weighted by Crippen LogP contribution is 2.59. The number of hydrogen-bond acceptors (Lipinski definition) is 2. The summed E-state index contributed by atoms with van der Waals surface area (Å²) in [6, 6.07) is 8.67. The molecule has 0 aliphatic heterocycles. The largest absolute Gasteiger partial charge is 0.364 e. The Bertz CT molecular complexity index is 670. The van der Waals surface area contributed by atoms with E-state index in [9.17, 15) is 0 Å². The quantitative estimate of drug-likeness (QED) is 0.639. The van der Waals surface area contributed by atoms with Crippen LogP contribution in [0, 0.1) is 24.2 Å². The van der Waals surface area contributed by atoms with Gasteiger partial charge >= 0.3 is 0 Å². The highest BCUT2D eigenvalue weighted by Gasteiger charge is 2.54. The second-order valence-corrected chi connectivity index (χ2v) is 7.69. The molecule has 4 rings (SSSR count). The van der Waals surface area contributed by atoms with Crippen LogP contribution in [0.2, 0.25) is 0 Å². The molecule has 0 spiro atoms. The van der Waals surface area contributed by atoms with Crippen molar-refractivity contribution in [1.82, 2.24) is 10.7 Å². The monoisotopic (exact) mass is 327 g/mol. The van der Waals surface area contributed by atoms with Crippen molar-refractivity contribution in [1.29, 1.82) is 0 Å². The van der Waals surface area contributed by atoms with E-state index < -0.39 is 0 Å². The molecule has 0 aromatic heterocycles. The fraction of sp³-hybridized carbons (Fsp3) is 0.474. The van der Waals surface area contributed by atoms with E-state index in [-0.39, 0.29) is 0 Å². The maximum Gasteiger partial charge on any atom is 0.186 e. The number of nitrogens with one attached hydrogen (secondary N) is 2. The molecule has 23 heavy (non-hydrogen) atoms. The Labute approximate surface area is 144 Å². The van der Waals surface area contributed by atoms with E-state index in [1.807, 2.05) is 7.05 Å². The number of aryl methyl sites for hydroxylation is 1. The predicted octanol–water partition coefficient (Wildman–Crippen LogP) is 3.89. The van der Waals surface area contributed by atoms with Crippen molar-refractivity contribution in [3.63, 3.8) is 0 Å². The van der Waals surface area contributed by atoms with Crippen LogP contribution in [0.5, 0.6) is 0 Å². The third kappa shape index (κ3) is 3.05. The Kier molecular flexibility index (Phi) is 4.28. The highest BCUT2D eigenvalue weighted by molar-refractivity contribution is 7.80. The van der Waals surface area contributed by atoms with Gasteiger partial charge in [-0.25, -0.2) is 0 Å². The van der Waals surface area contributed by atoms with Crippen molar-refractivity contribution >= 4 is 29.1 Å². The molecule has 0 heterocycles. The van der Waals surface area contributed by atoms with Crippen LogP contribution < -0.4 is 10.7 Å². The van der Waals surface area contributed by atoms with Gasteiger partial charge in [-0.1, -0.05) is 43.7 Å². The summed E-state index contributed by atoms with van der Waals surface area (Å²) in [6.07, 6.45) is 4.63. The lowest BCUT2D eigenvalue weighted by molar-refractivity contribution is 0.0141. The first-order chi connectivity index (χ1) is 10.9. The molecular weight excluding hydrogens is 302 g/mol. The predicted molar refractivity (Wildman–Crippen MR) is 101 cm³/mol. The first kappa shape index (κ1) is 16.2. The van der Waals surface area contributed by atoms with Crippen molar-refractivity contribution in [3.05, 3.63) is 41.0 Å². The lowest BCUT2D eigenvalue weighted by Gasteiger charge is -2.57. The highest BCUT2D eigenvalue weighted by atomic mass is 32.1. The van der Waals surface area contributed by atoms with Crippen LogP contribution in [-0.2, 0) is 0 Å². The average Bonchev–Trinajstić information content (AvgIpc) is 2.54. The number of rotatable bonds is 2. The van der Waals surface area contributed by atoms with E-state index >= 15 is 0 Å². The lowest BCUT2D eigenvalue weighted by atomic mass is 9.47. The second-order valence-electron chi connectivity index (χ2n) is 7.28. The van der Waals surface area contributed by atoms with Gasteiger partial charge < -0.3 is 5.32 Å². The summed E-state index contributed by atoms with van der Waals surface area (Å²) in [7, 11) is 1.81. The molecule has 2 unspecified atom stereocenters. The third-order valence-corrected chi connectivity index (χ3v) is 5.81. The molecule has 2 atom stereocenters. The maximum absolute atomic E-state index is 5.17. The van der Waals surface area contributed by atoms with Crippen molar-refractivity contribution in [2.45, 2.75) is 33.6 Å². The molecule has 3 saturated carbocycles. The normalized spacial score (nSPS) is 28.3. The smallest absolute Gasteiger partial charge is 0.186 e. The standard InChI is InChI=1S/C19H25N3S/c1-12-5-7-13(8-6-12)9-14-10-15-11-16(19(15,2)3)17(14)21-22-18(23)20-4/h5-9,15-16H,10-11H2,1-4H3,(H2,20,22,23). The first-order valence-corrected chi connectivity index (χ1v) is 8.65. The zero-order valence-corrected chi connectivity index (χ0v) is 15.1. The summed E-state index contributed by atoms with van der Waals surface area (Å²) < 4.78 is 0. The molecule has 3 nitrogen and oxygen atoms in total. The molecule has 2 N–H and O–H groups in total. The van der Waals surface area contributed by atoms with Gasteiger partial charge in [0.15, 0.2) is 5.11 Å². The van der Waals surface area contributed by atoms with Gasteiger partial charge in [-0.2, -0.15) is 5.10 Å². The zero-order valence-electron chi connectivity index (χ0n) is 14.3. The number of hydrogen-bond donors (Lipinski definition) is 2. The molecule has 3 aliphatic rings. The van der Waals surface area contributed by atoms with Crippen LogP contribution in [0.1, 0.15) is 37.8 Å². The van der Waals surface area contributed by atoms with Crippen LogP contribution in [0.15, 0.2) is 34.9 Å². The number of allylic oxidation sites excluding steroid dienone is 1. The minimum Gasteiger partial charge on any atom is -0.364 e. The number of thiocarbonyl (C=S) groups is 1. The molecule has 3 fully saturated rings. The minimum atomic E-state index is 0.340. The number of hydrazone groups is 1. The summed E-state index contributed by atoms with van der Waals surface area (Å²) in [6.45, 7) is 6.84. The van der Waals surface area contributed by atoms with E-state index in [1.54, 1.807) is 0 Å². The Morgan fingerprint density at radius 1 is 1.30 bits per heavy atom. The van der Waals surface area contributed by atoms with Gasteiger partial charge in [0.2, 0.25) is 0 Å². The van der Waals surface area contributed by atoms with Gasteiger partial charge in [-0.3, -0.25) is 5.43 Å². The molecule has 4 heteroatoms. The summed E-state index contributed by atoms with van der Waals surface area (Å²) in [5.41, 5.74) is 8.38. The van der Waals surface area contributed by atoms with Crippen LogP contribution in [0.3, 0.4) is 0 Å². The molecule has 0 saturated heterocycles. The van der Waals surface area contributed by atoms with Gasteiger partial charge in [-0.05, 0) is 60.5 Å². The van der Waals surface area contributed by atoms with Crippen molar-refractivity contribution in [3.8, 4) is 0 Å². The molecular formula is C19H25N3S. The van der Waals surface area contributed by atoms with Gasteiger partial charge in [0.1, 0.15) is 0 Å². The Morgan fingerprint density at radius 2 is 2.00 bits per heavy atom. The zero-order chi connectivity index (χ0) is 16.6. The van der Waals surface area contributed by atoms with Crippen molar-refractivity contribution in [2.24, 2.45) is 22.4 Å². The topological polar surface area (TPSA) is 36.4 Å². The molecule has 2 bridgehead atoms. The van der Waals surface area contributed by atoms with Crippen molar-refractivity contribution in [2.75, 3.05) is 7.05 Å². The van der Waals surface area contributed by atoms with Gasteiger partial charge in [0.05, 0.1) is 5.71 Å². The van der Waals surface area contributed by atoms with Crippen LogP contribution >= 0.6 is 12.2 Å². The van der Waals surface area contributed by atoms with E-state index in [0.717, 1.165) is 12.3 Å². The third-order valence-electron chi connectivity index (χ3n) is 5.52. The summed E-state index contributed by atoms with van der Waals surface area (Å²) >= 11 is 5.17. The molecule has 1 aromatic carbocycles. The molecule has 0 amide bonds. The van der Waals surface area contributed by atoms with Crippen molar-refractivity contribution < 1.29 is 0 Å². The van der Waals surface area contributed by atoms with Gasteiger partial charge in [0.25, 0.3) is 0 Å².